The van der Waals surface area contributed by atoms with Crippen LogP contribution in [0.5, 0.6) is 0 Å². The molecule has 1 aliphatic heterocycles. The molecule has 2 aromatic rings. The lowest BCUT2D eigenvalue weighted by Crippen LogP contribution is -2.33. The van der Waals surface area contributed by atoms with E-state index in [4.69, 9.17) is 4.74 Å². The maximum Gasteiger partial charge on any atom is 0.268 e. The predicted molar refractivity (Wildman–Crippen MR) is 77.6 cm³/mol. The van der Waals surface area contributed by atoms with Gasteiger partial charge in [0, 0.05) is 35.6 Å². The average Bonchev–Trinajstić information content (AvgIpc) is 2.71. The van der Waals surface area contributed by atoms with Crippen molar-refractivity contribution in [2.24, 2.45) is 0 Å². The Balaban J connectivity index is 2.26. The minimum atomic E-state index is 0.0182. The fourth-order valence-corrected chi connectivity index (χ4v) is 3.07. The summed E-state index contributed by atoms with van der Waals surface area (Å²) < 4.78 is 8.26. The van der Waals surface area contributed by atoms with Crippen LogP contribution in [0.4, 0.5) is 0 Å². The Kier molecular flexibility index (Phi) is 3.33. The maximum atomic E-state index is 12.1. The summed E-state index contributed by atoms with van der Waals surface area (Å²) in [6.07, 6.45) is 0.883. The number of nitrogens with one attached hydrogen (secondary N) is 1. The lowest BCUT2D eigenvalue weighted by Gasteiger charge is -2.16. The van der Waals surface area contributed by atoms with Gasteiger partial charge in [-0.1, -0.05) is 15.9 Å². The average molecular weight is 323 g/mol. The van der Waals surface area contributed by atoms with Crippen LogP contribution >= 0.6 is 15.9 Å². The zero-order chi connectivity index (χ0) is 13.4. The molecule has 1 amide bonds. The van der Waals surface area contributed by atoms with Gasteiger partial charge < -0.3 is 14.6 Å². The molecule has 0 aliphatic carbocycles. The summed E-state index contributed by atoms with van der Waals surface area (Å²) in [5, 5.41) is 4.08. The summed E-state index contributed by atoms with van der Waals surface area (Å²) in [4.78, 5) is 12.1. The molecule has 2 heterocycles. The molecule has 4 nitrogen and oxygen atoms in total. The van der Waals surface area contributed by atoms with Crippen LogP contribution in [0.25, 0.3) is 10.9 Å². The van der Waals surface area contributed by atoms with Crippen LogP contribution in [0.2, 0.25) is 0 Å². The molecule has 5 heteroatoms. The van der Waals surface area contributed by atoms with Gasteiger partial charge >= 0.3 is 0 Å². The van der Waals surface area contributed by atoms with E-state index in [1.54, 1.807) is 7.11 Å². The van der Waals surface area contributed by atoms with Crippen LogP contribution in [0, 0.1) is 0 Å². The zero-order valence-electron chi connectivity index (χ0n) is 10.7. The highest BCUT2D eigenvalue weighted by molar-refractivity contribution is 9.10. The predicted octanol–water partition coefficient (Wildman–Crippen LogP) is 2.34. The number of rotatable bonds is 3. The molecule has 100 valence electrons. The molecule has 0 fully saturated rings. The van der Waals surface area contributed by atoms with Gasteiger partial charge in [0.05, 0.1) is 6.61 Å². The molecule has 1 N–H and O–H groups in total. The van der Waals surface area contributed by atoms with E-state index in [-0.39, 0.29) is 5.91 Å². The summed E-state index contributed by atoms with van der Waals surface area (Å²) >= 11 is 3.50. The molecule has 0 bridgehead atoms. The highest BCUT2D eigenvalue weighted by atomic mass is 79.9. The zero-order valence-corrected chi connectivity index (χ0v) is 12.3. The van der Waals surface area contributed by atoms with Gasteiger partial charge in [-0.2, -0.15) is 0 Å². The molecule has 1 aromatic heterocycles. The van der Waals surface area contributed by atoms with E-state index >= 15 is 0 Å². The van der Waals surface area contributed by atoms with E-state index in [1.807, 2.05) is 6.07 Å². The summed E-state index contributed by atoms with van der Waals surface area (Å²) in [6.45, 7) is 2.00. The van der Waals surface area contributed by atoms with Crippen LogP contribution in [-0.2, 0) is 17.7 Å². The Labute approximate surface area is 119 Å². The second-order valence-corrected chi connectivity index (χ2v) is 5.55. The molecule has 19 heavy (non-hydrogen) atoms. The lowest BCUT2D eigenvalue weighted by molar-refractivity contribution is 0.0934. The number of aromatic nitrogens is 1. The van der Waals surface area contributed by atoms with Gasteiger partial charge in [-0.15, -0.1) is 0 Å². The Morgan fingerprint density at radius 3 is 3.11 bits per heavy atom. The molecule has 0 atom stereocenters. The van der Waals surface area contributed by atoms with Crippen molar-refractivity contribution >= 4 is 32.7 Å². The lowest BCUT2D eigenvalue weighted by atomic mass is 10.0. The maximum absolute atomic E-state index is 12.1. The van der Waals surface area contributed by atoms with Crippen LogP contribution in [0.15, 0.2) is 22.7 Å². The first kappa shape index (κ1) is 12.7. The molecule has 1 aromatic carbocycles. The quantitative estimate of drug-likeness (QED) is 0.942. The van der Waals surface area contributed by atoms with Crippen molar-refractivity contribution in [3.8, 4) is 0 Å². The number of carbonyl (C=O) groups is 1. The minimum Gasteiger partial charge on any atom is -0.383 e. The smallest absolute Gasteiger partial charge is 0.268 e. The molecule has 0 saturated carbocycles. The monoisotopic (exact) mass is 322 g/mol. The van der Waals surface area contributed by atoms with Crippen molar-refractivity contribution in [1.29, 1.82) is 0 Å². The molecule has 0 spiro atoms. The minimum absolute atomic E-state index is 0.0182. The van der Waals surface area contributed by atoms with Crippen molar-refractivity contribution < 1.29 is 9.53 Å². The molecular weight excluding hydrogens is 308 g/mol. The number of hydrogen-bond donors (Lipinski definition) is 1. The third-order valence-electron chi connectivity index (χ3n) is 3.52. The number of benzene rings is 1. The van der Waals surface area contributed by atoms with Crippen LogP contribution < -0.4 is 5.32 Å². The SMILES string of the molecule is COCCn1c2c(c3cc(Br)ccc31)CCNC2=O. The van der Waals surface area contributed by atoms with Gasteiger partial charge in [0.15, 0.2) is 0 Å². The third-order valence-corrected chi connectivity index (χ3v) is 4.02. The fourth-order valence-electron chi connectivity index (χ4n) is 2.71. The van der Waals surface area contributed by atoms with Crippen molar-refractivity contribution in [2.75, 3.05) is 20.3 Å². The van der Waals surface area contributed by atoms with Gasteiger partial charge in [-0.3, -0.25) is 4.79 Å². The largest absolute Gasteiger partial charge is 0.383 e. The number of methoxy groups -OCH3 is 1. The second kappa shape index (κ2) is 4.98. The summed E-state index contributed by atoms with van der Waals surface area (Å²) in [7, 11) is 1.68. The summed E-state index contributed by atoms with van der Waals surface area (Å²) in [5.74, 6) is 0.0182. The molecule has 1 aliphatic rings. The second-order valence-electron chi connectivity index (χ2n) is 4.64. The molecule has 0 saturated heterocycles. The highest BCUT2D eigenvalue weighted by Gasteiger charge is 2.25. The number of halogens is 1. The van der Waals surface area contributed by atoms with Gasteiger partial charge in [0.25, 0.3) is 5.91 Å². The number of nitrogens with zero attached hydrogens (tertiary/aromatic N) is 1. The summed E-state index contributed by atoms with van der Waals surface area (Å²) in [6, 6.07) is 6.16. The topological polar surface area (TPSA) is 43.3 Å². The highest BCUT2D eigenvalue weighted by Crippen LogP contribution is 2.30. The first-order valence-electron chi connectivity index (χ1n) is 6.30. The molecule has 3 rings (SSSR count). The van der Waals surface area contributed by atoms with Crippen LogP contribution in [0.3, 0.4) is 0 Å². The Morgan fingerprint density at radius 1 is 1.47 bits per heavy atom. The number of ether oxygens (including phenoxy) is 1. The van der Waals surface area contributed by atoms with Crippen LogP contribution in [-0.4, -0.2) is 30.7 Å². The Bertz CT molecular complexity index is 648. The Hall–Kier alpha value is -1.33. The van der Waals surface area contributed by atoms with Crippen molar-refractivity contribution in [3.63, 3.8) is 0 Å². The van der Waals surface area contributed by atoms with E-state index in [1.165, 1.54) is 0 Å². The molecule has 0 unspecified atom stereocenters. The first-order valence-corrected chi connectivity index (χ1v) is 7.09. The van der Waals surface area contributed by atoms with E-state index < -0.39 is 0 Å². The van der Waals surface area contributed by atoms with Crippen molar-refractivity contribution in [1.82, 2.24) is 9.88 Å². The summed E-state index contributed by atoms with van der Waals surface area (Å²) in [5.41, 5.74) is 3.04. The van der Waals surface area contributed by atoms with Crippen molar-refractivity contribution in [3.05, 3.63) is 33.9 Å². The molecule has 0 radical (unpaired) electrons. The number of carbonyl (C=O) groups excluding carboxylic acids is 1. The standard InChI is InChI=1S/C14H15BrN2O2/c1-19-7-6-17-12-3-2-9(15)8-11(12)10-4-5-16-14(18)13(10)17/h2-3,8H,4-7H2,1H3,(H,16,18). The van der Waals surface area contributed by atoms with Gasteiger partial charge in [0.2, 0.25) is 0 Å². The number of fused-ring (bicyclic) bond motifs is 3. The fraction of sp³-hybridized carbons (Fsp3) is 0.357. The van der Waals surface area contributed by atoms with E-state index in [0.29, 0.717) is 19.7 Å². The van der Waals surface area contributed by atoms with E-state index in [0.717, 1.165) is 33.1 Å². The third kappa shape index (κ3) is 2.07. The van der Waals surface area contributed by atoms with Crippen molar-refractivity contribution in [2.45, 2.75) is 13.0 Å². The first-order chi connectivity index (χ1) is 9.22. The van der Waals surface area contributed by atoms with E-state index in [2.05, 4.69) is 37.9 Å². The van der Waals surface area contributed by atoms with Gasteiger partial charge in [0.1, 0.15) is 5.69 Å². The van der Waals surface area contributed by atoms with E-state index in [9.17, 15) is 4.79 Å². The Morgan fingerprint density at radius 2 is 2.32 bits per heavy atom. The normalized spacial score (nSPS) is 14.5. The van der Waals surface area contributed by atoms with Gasteiger partial charge in [-0.05, 0) is 30.2 Å². The van der Waals surface area contributed by atoms with Gasteiger partial charge in [-0.25, -0.2) is 0 Å². The number of hydrogen-bond acceptors (Lipinski definition) is 2. The molecular formula is C14H15BrN2O2. The van der Waals surface area contributed by atoms with Crippen LogP contribution in [0.1, 0.15) is 16.1 Å². The number of amides is 1.